The summed E-state index contributed by atoms with van der Waals surface area (Å²) in [6.07, 6.45) is 0. The van der Waals surface area contributed by atoms with Crippen molar-refractivity contribution in [3.63, 3.8) is 0 Å². The Balaban J connectivity index is 1.33. The Morgan fingerprint density at radius 2 is 1.58 bits per heavy atom. The molecule has 0 fully saturated rings. The van der Waals surface area contributed by atoms with Crippen LogP contribution in [0, 0.1) is 13.8 Å². The maximum absolute atomic E-state index is 12.6. The van der Waals surface area contributed by atoms with Gasteiger partial charge in [-0.15, -0.1) is 0 Å². The molecule has 0 unspecified atom stereocenters. The van der Waals surface area contributed by atoms with Crippen molar-refractivity contribution < 1.29 is 27.4 Å². The van der Waals surface area contributed by atoms with Crippen molar-refractivity contribution in [2.75, 3.05) is 29.9 Å². The van der Waals surface area contributed by atoms with E-state index in [0.717, 1.165) is 11.1 Å². The number of nitrogens with one attached hydrogen (secondary N) is 2. The number of carbonyl (C=O) groups is 1. The van der Waals surface area contributed by atoms with Crippen LogP contribution in [0.3, 0.4) is 0 Å². The van der Waals surface area contributed by atoms with Gasteiger partial charge in [-0.3, -0.25) is 9.52 Å². The summed E-state index contributed by atoms with van der Waals surface area (Å²) in [6.45, 7) is 4.60. The molecule has 0 spiro atoms. The first kappa shape index (κ1) is 22.5. The highest BCUT2D eigenvalue weighted by atomic mass is 32.2. The van der Waals surface area contributed by atoms with E-state index in [0.29, 0.717) is 41.8 Å². The van der Waals surface area contributed by atoms with Gasteiger partial charge in [-0.05, 0) is 73.5 Å². The number of amides is 1. The number of hydrogen-bond acceptors (Lipinski definition) is 6. The number of benzene rings is 3. The van der Waals surface area contributed by atoms with E-state index in [2.05, 4.69) is 10.0 Å². The van der Waals surface area contributed by atoms with Gasteiger partial charge in [0, 0.05) is 17.4 Å². The van der Waals surface area contributed by atoms with Crippen molar-refractivity contribution in [2.45, 2.75) is 18.7 Å². The highest BCUT2D eigenvalue weighted by Crippen LogP contribution is 2.32. The van der Waals surface area contributed by atoms with E-state index in [-0.39, 0.29) is 17.4 Å². The summed E-state index contributed by atoms with van der Waals surface area (Å²) in [5.74, 6) is 1.22. The zero-order chi connectivity index (χ0) is 23.4. The first-order chi connectivity index (χ1) is 15.8. The molecular formula is C24H24N2O6S. The second kappa shape index (κ2) is 9.41. The SMILES string of the molecule is Cc1ccc(NS(=O)(=O)c2ccc(OCC(=O)Nc3ccc4c(c3)OCCO4)cc2)cc1C. The van der Waals surface area contributed by atoms with Gasteiger partial charge in [0.05, 0.1) is 4.90 Å². The summed E-state index contributed by atoms with van der Waals surface area (Å²) in [5.41, 5.74) is 3.13. The quantitative estimate of drug-likeness (QED) is 0.545. The molecule has 0 aromatic heterocycles. The Kier molecular flexibility index (Phi) is 6.41. The molecule has 2 N–H and O–H groups in total. The fraction of sp³-hybridized carbons (Fsp3) is 0.208. The fourth-order valence-electron chi connectivity index (χ4n) is 3.20. The number of ether oxygens (including phenoxy) is 3. The monoisotopic (exact) mass is 468 g/mol. The van der Waals surface area contributed by atoms with E-state index in [1.54, 1.807) is 30.3 Å². The summed E-state index contributed by atoms with van der Waals surface area (Å²) in [6, 6.07) is 16.4. The molecule has 4 rings (SSSR count). The van der Waals surface area contributed by atoms with Gasteiger partial charge < -0.3 is 19.5 Å². The van der Waals surface area contributed by atoms with Gasteiger partial charge in [0.1, 0.15) is 19.0 Å². The van der Waals surface area contributed by atoms with Crippen LogP contribution in [-0.4, -0.2) is 34.1 Å². The average molecular weight is 469 g/mol. The summed E-state index contributed by atoms with van der Waals surface area (Å²) in [7, 11) is -3.75. The van der Waals surface area contributed by atoms with E-state index < -0.39 is 10.0 Å². The third-order valence-corrected chi connectivity index (χ3v) is 6.49. The molecule has 0 saturated carbocycles. The largest absolute Gasteiger partial charge is 0.486 e. The minimum atomic E-state index is -3.75. The summed E-state index contributed by atoms with van der Waals surface area (Å²) in [5, 5.41) is 2.73. The normalized spacial score (nSPS) is 12.7. The number of aryl methyl sites for hydroxylation is 2. The van der Waals surface area contributed by atoms with Crippen LogP contribution >= 0.6 is 0 Å². The van der Waals surface area contributed by atoms with Gasteiger partial charge in [0.15, 0.2) is 18.1 Å². The predicted octanol–water partition coefficient (Wildman–Crippen LogP) is 3.89. The number of rotatable bonds is 7. The Morgan fingerprint density at radius 3 is 2.30 bits per heavy atom. The Labute approximate surface area is 192 Å². The summed E-state index contributed by atoms with van der Waals surface area (Å²) < 4.78 is 44.3. The molecule has 0 saturated heterocycles. The topological polar surface area (TPSA) is 103 Å². The van der Waals surface area contributed by atoms with Gasteiger partial charge >= 0.3 is 0 Å². The molecule has 1 aliphatic heterocycles. The predicted molar refractivity (Wildman–Crippen MR) is 125 cm³/mol. The van der Waals surface area contributed by atoms with Crippen LogP contribution < -0.4 is 24.2 Å². The van der Waals surface area contributed by atoms with Gasteiger partial charge in [-0.2, -0.15) is 0 Å². The molecule has 33 heavy (non-hydrogen) atoms. The Morgan fingerprint density at radius 1 is 0.879 bits per heavy atom. The zero-order valence-electron chi connectivity index (χ0n) is 18.3. The zero-order valence-corrected chi connectivity index (χ0v) is 19.1. The van der Waals surface area contributed by atoms with Crippen LogP contribution in [-0.2, 0) is 14.8 Å². The molecule has 1 amide bonds. The first-order valence-corrected chi connectivity index (χ1v) is 11.8. The highest BCUT2D eigenvalue weighted by Gasteiger charge is 2.16. The number of carbonyl (C=O) groups excluding carboxylic acids is 1. The molecule has 8 nitrogen and oxygen atoms in total. The number of sulfonamides is 1. The van der Waals surface area contributed by atoms with E-state index in [4.69, 9.17) is 14.2 Å². The van der Waals surface area contributed by atoms with Crippen molar-refractivity contribution >= 4 is 27.3 Å². The van der Waals surface area contributed by atoms with Crippen LogP contribution in [0.1, 0.15) is 11.1 Å². The third-order valence-electron chi connectivity index (χ3n) is 5.09. The van der Waals surface area contributed by atoms with Crippen molar-refractivity contribution in [1.29, 1.82) is 0 Å². The van der Waals surface area contributed by atoms with Crippen LogP contribution in [0.5, 0.6) is 17.2 Å². The number of anilines is 2. The molecule has 1 aliphatic rings. The molecular weight excluding hydrogens is 444 g/mol. The Hall–Kier alpha value is -3.72. The van der Waals surface area contributed by atoms with E-state index >= 15 is 0 Å². The molecule has 0 aliphatic carbocycles. The van der Waals surface area contributed by atoms with Gasteiger partial charge in [0.2, 0.25) is 0 Å². The molecule has 172 valence electrons. The molecule has 1 heterocycles. The summed E-state index contributed by atoms with van der Waals surface area (Å²) in [4.78, 5) is 12.3. The number of fused-ring (bicyclic) bond motifs is 1. The van der Waals surface area contributed by atoms with E-state index in [1.807, 2.05) is 19.9 Å². The van der Waals surface area contributed by atoms with Crippen molar-refractivity contribution in [3.8, 4) is 17.2 Å². The molecule has 0 atom stereocenters. The first-order valence-electron chi connectivity index (χ1n) is 10.3. The minimum Gasteiger partial charge on any atom is -0.486 e. The van der Waals surface area contributed by atoms with Crippen LogP contribution in [0.4, 0.5) is 11.4 Å². The lowest BCUT2D eigenvalue weighted by Gasteiger charge is -2.19. The second-order valence-electron chi connectivity index (χ2n) is 7.57. The maximum Gasteiger partial charge on any atom is 0.262 e. The van der Waals surface area contributed by atoms with Crippen molar-refractivity contribution in [2.24, 2.45) is 0 Å². The van der Waals surface area contributed by atoms with Crippen molar-refractivity contribution in [3.05, 3.63) is 71.8 Å². The van der Waals surface area contributed by atoms with Crippen molar-refractivity contribution in [1.82, 2.24) is 0 Å². The third kappa shape index (κ3) is 5.56. The smallest absolute Gasteiger partial charge is 0.262 e. The average Bonchev–Trinajstić information content (AvgIpc) is 2.80. The minimum absolute atomic E-state index is 0.0915. The lowest BCUT2D eigenvalue weighted by atomic mass is 10.1. The van der Waals surface area contributed by atoms with Crippen LogP contribution in [0.2, 0.25) is 0 Å². The maximum atomic E-state index is 12.6. The van der Waals surface area contributed by atoms with E-state index in [1.165, 1.54) is 24.3 Å². The Bertz CT molecular complexity index is 1270. The highest BCUT2D eigenvalue weighted by molar-refractivity contribution is 7.92. The lowest BCUT2D eigenvalue weighted by molar-refractivity contribution is -0.118. The standard InChI is InChI=1S/C24H24N2O6S/c1-16-3-4-19(13-17(16)2)26-33(28,29)21-8-6-20(7-9-21)32-15-24(27)25-18-5-10-22-23(14-18)31-12-11-30-22/h3-10,13-14,26H,11-12,15H2,1-2H3,(H,25,27). The number of hydrogen-bond donors (Lipinski definition) is 2. The van der Waals surface area contributed by atoms with Crippen LogP contribution in [0.25, 0.3) is 0 Å². The summed E-state index contributed by atoms with van der Waals surface area (Å²) >= 11 is 0. The molecule has 3 aromatic carbocycles. The molecule has 0 bridgehead atoms. The van der Waals surface area contributed by atoms with Gasteiger partial charge in [0.25, 0.3) is 15.9 Å². The van der Waals surface area contributed by atoms with E-state index in [9.17, 15) is 13.2 Å². The van der Waals surface area contributed by atoms with Gasteiger partial charge in [-0.1, -0.05) is 6.07 Å². The van der Waals surface area contributed by atoms with Crippen LogP contribution in [0.15, 0.2) is 65.6 Å². The van der Waals surface area contributed by atoms with Gasteiger partial charge in [-0.25, -0.2) is 8.42 Å². The molecule has 0 radical (unpaired) electrons. The molecule has 3 aromatic rings. The second-order valence-corrected chi connectivity index (χ2v) is 9.25. The lowest BCUT2D eigenvalue weighted by Crippen LogP contribution is -2.21. The molecule has 9 heteroatoms. The fourth-order valence-corrected chi connectivity index (χ4v) is 4.25.